The number of ether oxygens (including phenoxy) is 4. The molecule has 3 amide bonds. The van der Waals surface area contributed by atoms with Gasteiger partial charge in [0.1, 0.15) is 0 Å². The van der Waals surface area contributed by atoms with E-state index >= 15 is 0 Å². The molecule has 9 heteroatoms. The molecule has 1 saturated carbocycles. The Hall–Kier alpha value is -3.46. The molecule has 0 saturated heterocycles. The maximum absolute atomic E-state index is 12.7. The van der Waals surface area contributed by atoms with Gasteiger partial charge in [-0.3, -0.25) is 15.0 Å². The largest absolute Gasteiger partial charge is 0.454 e. The van der Waals surface area contributed by atoms with Crippen molar-refractivity contribution in [2.75, 3.05) is 25.4 Å². The molecule has 0 bridgehead atoms. The number of urea groups is 1. The van der Waals surface area contributed by atoms with E-state index in [1.807, 2.05) is 18.2 Å². The molecule has 0 spiro atoms. The van der Waals surface area contributed by atoms with E-state index in [1.54, 1.807) is 18.2 Å². The fourth-order valence-electron chi connectivity index (χ4n) is 4.34. The van der Waals surface area contributed by atoms with E-state index in [2.05, 4.69) is 15.5 Å². The molecule has 1 aliphatic carbocycles. The lowest BCUT2D eigenvalue weighted by Crippen LogP contribution is -2.44. The SMILES string of the molecule is O=C(CN(Cc1ccc2c(c1)OCO2)C1CCCC1)NC(=O)Nc1ccc2c(c1)OCO2. The second kappa shape index (κ2) is 8.96. The van der Waals surface area contributed by atoms with Crippen LogP contribution < -0.4 is 29.6 Å². The van der Waals surface area contributed by atoms with Gasteiger partial charge in [0.05, 0.1) is 6.54 Å². The lowest BCUT2D eigenvalue weighted by molar-refractivity contribution is -0.121. The molecule has 2 N–H and O–H groups in total. The van der Waals surface area contributed by atoms with E-state index in [0.717, 1.165) is 42.7 Å². The first kappa shape index (κ1) is 20.4. The average molecular weight is 439 g/mol. The van der Waals surface area contributed by atoms with Gasteiger partial charge in [-0.1, -0.05) is 18.9 Å². The van der Waals surface area contributed by atoms with Gasteiger partial charge in [0.2, 0.25) is 19.5 Å². The van der Waals surface area contributed by atoms with Gasteiger partial charge in [0.25, 0.3) is 0 Å². The minimum Gasteiger partial charge on any atom is -0.454 e. The summed E-state index contributed by atoms with van der Waals surface area (Å²) in [6, 6.07) is 10.6. The summed E-state index contributed by atoms with van der Waals surface area (Å²) >= 11 is 0. The number of carbonyl (C=O) groups excluding carboxylic acids is 2. The van der Waals surface area contributed by atoms with Crippen molar-refractivity contribution >= 4 is 17.6 Å². The number of hydrogen-bond acceptors (Lipinski definition) is 7. The van der Waals surface area contributed by atoms with E-state index in [-0.39, 0.29) is 26.0 Å². The summed E-state index contributed by atoms with van der Waals surface area (Å²) in [6.07, 6.45) is 4.38. The topological polar surface area (TPSA) is 98.4 Å². The highest BCUT2D eigenvalue weighted by atomic mass is 16.7. The third-order valence-corrected chi connectivity index (χ3v) is 5.89. The quantitative estimate of drug-likeness (QED) is 0.713. The molecule has 3 aliphatic rings. The lowest BCUT2D eigenvalue weighted by atomic mass is 10.1. The first-order valence-electron chi connectivity index (χ1n) is 10.8. The van der Waals surface area contributed by atoms with Crippen molar-refractivity contribution < 1.29 is 28.5 Å². The Balaban J connectivity index is 1.20. The highest BCUT2D eigenvalue weighted by molar-refractivity contribution is 6.01. The predicted octanol–water partition coefficient (Wildman–Crippen LogP) is 3.24. The standard InChI is InChI=1S/C23H25N3O6/c27-22(25-23(28)24-16-6-8-19-21(10-16)32-14-30-19)12-26(17-3-1-2-4-17)11-15-5-7-18-20(9-15)31-13-29-18/h5-10,17H,1-4,11-14H2,(H2,24,25,27,28). The molecule has 2 aliphatic heterocycles. The number of amides is 3. The maximum atomic E-state index is 12.7. The molecule has 0 aromatic heterocycles. The Morgan fingerprint density at radius 3 is 2.28 bits per heavy atom. The van der Waals surface area contributed by atoms with Crippen LogP contribution in [-0.4, -0.2) is 43.0 Å². The summed E-state index contributed by atoms with van der Waals surface area (Å²) < 4.78 is 21.4. The summed E-state index contributed by atoms with van der Waals surface area (Å²) in [7, 11) is 0. The van der Waals surface area contributed by atoms with Crippen molar-refractivity contribution in [1.82, 2.24) is 10.2 Å². The van der Waals surface area contributed by atoms with Crippen molar-refractivity contribution in [2.24, 2.45) is 0 Å². The van der Waals surface area contributed by atoms with Crippen LogP contribution in [0.3, 0.4) is 0 Å². The molecule has 2 aromatic carbocycles. The van der Waals surface area contributed by atoms with E-state index in [1.165, 1.54) is 0 Å². The van der Waals surface area contributed by atoms with Gasteiger partial charge >= 0.3 is 6.03 Å². The van der Waals surface area contributed by atoms with Crippen LogP contribution in [0.1, 0.15) is 31.2 Å². The Labute approximate surface area is 185 Å². The Bertz CT molecular complexity index is 1020. The number of nitrogens with zero attached hydrogens (tertiary/aromatic N) is 1. The van der Waals surface area contributed by atoms with Gasteiger partial charge in [-0.25, -0.2) is 4.79 Å². The van der Waals surface area contributed by atoms with E-state index in [4.69, 9.17) is 18.9 Å². The Morgan fingerprint density at radius 1 is 0.875 bits per heavy atom. The van der Waals surface area contributed by atoms with Crippen LogP contribution in [0.25, 0.3) is 0 Å². The predicted molar refractivity (Wildman–Crippen MR) is 115 cm³/mol. The minimum atomic E-state index is -0.580. The minimum absolute atomic E-state index is 0.133. The summed E-state index contributed by atoms with van der Waals surface area (Å²) in [5, 5.41) is 5.10. The zero-order valence-corrected chi connectivity index (χ0v) is 17.6. The smallest absolute Gasteiger partial charge is 0.325 e. The number of anilines is 1. The van der Waals surface area contributed by atoms with Gasteiger partial charge in [0, 0.05) is 24.3 Å². The lowest BCUT2D eigenvalue weighted by Gasteiger charge is -2.28. The molecule has 168 valence electrons. The van der Waals surface area contributed by atoms with Crippen LogP contribution in [0.15, 0.2) is 36.4 Å². The molecule has 1 fully saturated rings. The molecule has 2 heterocycles. The highest BCUT2D eigenvalue weighted by Gasteiger charge is 2.26. The van der Waals surface area contributed by atoms with E-state index in [0.29, 0.717) is 29.8 Å². The van der Waals surface area contributed by atoms with Crippen LogP contribution in [0.2, 0.25) is 0 Å². The van der Waals surface area contributed by atoms with Crippen LogP contribution in [0.4, 0.5) is 10.5 Å². The maximum Gasteiger partial charge on any atom is 0.325 e. The van der Waals surface area contributed by atoms with Crippen molar-refractivity contribution in [2.45, 2.75) is 38.3 Å². The van der Waals surface area contributed by atoms with Gasteiger partial charge in [0.15, 0.2) is 23.0 Å². The van der Waals surface area contributed by atoms with Crippen LogP contribution in [0.5, 0.6) is 23.0 Å². The van der Waals surface area contributed by atoms with Gasteiger partial charge in [-0.05, 0) is 42.7 Å². The summed E-state index contributed by atoms with van der Waals surface area (Å²) in [4.78, 5) is 27.2. The van der Waals surface area contributed by atoms with Crippen molar-refractivity contribution in [3.63, 3.8) is 0 Å². The van der Waals surface area contributed by atoms with Crippen LogP contribution in [-0.2, 0) is 11.3 Å². The molecule has 32 heavy (non-hydrogen) atoms. The highest BCUT2D eigenvalue weighted by Crippen LogP contribution is 2.35. The summed E-state index contributed by atoms with van der Waals surface area (Å²) in [5.74, 6) is 2.30. The average Bonchev–Trinajstić information content (AvgIpc) is 3.53. The number of fused-ring (bicyclic) bond motifs is 2. The Kier molecular flexibility index (Phi) is 5.72. The fraction of sp³-hybridized carbons (Fsp3) is 0.391. The zero-order chi connectivity index (χ0) is 21.9. The summed E-state index contributed by atoms with van der Waals surface area (Å²) in [5.41, 5.74) is 1.56. The molecule has 9 nitrogen and oxygen atoms in total. The third kappa shape index (κ3) is 4.57. The zero-order valence-electron chi connectivity index (χ0n) is 17.6. The molecule has 0 radical (unpaired) electrons. The van der Waals surface area contributed by atoms with E-state index in [9.17, 15) is 9.59 Å². The third-order valence-electron chi connectivity index (χ3n) is 5.89. The molecule has 0 unspecified atom stereocenters. The number of rotatable bonds is 6. The normalized spacial score (nSPS) is 16.4. The number of carbonyl (C=O) groups is 2. The number of imide groups is 1. The fourth-order valence-corrected chi connectivity index (χ4v) is 4.34. The molecule has 5 rings (SSSR count). The van der Waals surface area contributed by atoms with Crippen LogP contribution in [0, 0.1) is 0 Å². The van der Waals surface area contributed by atoms with Crippen molar-refractivity contribution in [3.05, 3.63) is 42.0 Å². The van der Waals surface area contributed by atoms with Crippen molar-refractivity contribution in [1.29, 1.82) is 0 Å². The second-order valence-corrected chi connectivity index (χ2v) is 8.10. The monoisotopic (exact) mass is 439 g/mol. The number of hydrogen-bond donors (Lipinski definition) is 2. The first-order valence-corrected chi connectivity index (χ1v) is 10.8. The number of nitrogens with one attached hydrogen (secondary N) is 2. The van der Waals surface area contributed by atoms with Crippen LogP contribution >= 0.6 is 0 Å². The molecule has 2 aromatic rings. The first-order chi connectivity index (χ1) is 15.6. The molecular formula is C23H25N3O6. The summed E-state index contributed by atoms with van der Waals surface area (Å²) in [6.45, 7) is 1.11. The second-order valence-electron chi connectivity index (χ2n) is 8.10. The van der Waals surface area contributed by atoms with E-state index < -0.39 is 6.03 Å². The molecule has 0 atom stereocenters. The van der Waals surface area contributed by atoms with Gasteiger partial charge in [-0.2, -0.15) is 0 Å². The number of benzene rings is 2. The molecular weight excluding hydrogens is 414 g/mol. The Morgan fingerprint density at radius 2 is 1.53 bits per heavy atom. The van der Waals surface area contributed by atoms with Gasteiger partial charge < -0.3 is 24.3 Å². The van der Waals surface area contributed by atoms with Crippen molar-refractivity contribution in [3.8, 4) is 23.0 Å². The van der Waals surface area contributed by atoms with Gasteiger partial charge in [-0.15, -0.1) is 0 Å².